The third-order valence-electron chi connectivity index (χ3n) is 5.09. The standard InChI is InChI=1S/C16H32N2/c1-3-15(17-4-2)10-7-13-18-12-6-9-14-8-5-11-16(14)18/h14-17H,3-13H2,1-2H3. The number of hydrogen-bond donors (Lipinski definition) is 1. The van der Waals surface area contributed by atoms with Crippen LogP contribution in [0.15, 0.2) is 0 Å². The molecule has 0 aromatic rings. The van der Waals surface area contributed by atoms with E-state index in [1.807, 2.05) is 0 Å². The van der Waals surface area contributed by atoms with Gasteiger partial charge in [-0.3, -0.25) is 0 Å². The Bertz CT molecular complexity index is 229. The summed E-state index contributed by atoms with van der Waals surface area (Å²) >= 11 is 0. The molecular formula is C16H32N2. The van der Waals surface area contributed by atoms with Gasteiger partial charge in [0.1, 0.15) is 0 Å². The minimum Gasteiger partial charge on any atom is -0.314 e. The molecule has 1 aliphatic carbocycles. The summed E-state index contributed by atoms with van der Waals surface area (Å²) in [6.45, 7) is 8.37. The Hall–Kier alpha value is -0.0800. The zero-order valence-corrected chi connectivity index (χ0v) is 12.5. The van der Waals surface area contributed by atoms with Gasteiger partial charge in [0.05, 0.1) is 0 Å². The maximum Gasteiger partial charge on any atom is 0.0123 e. The smallest absolute Gasteiger partial charge is 0.0123 e. The molecular weight excluding hydrogens is 220 g/mol. The van der Waals surface area contributed by atoms with E-state index in [4.69, 9.17) is 0 Å². The highest BCUT2D eigenvalue weighted by atomic mass is 15.2. The maximum atomic E-state index is 3.60. The van der Waals surface area contributed by atoms with Crippen molar-refractivity contribution in [3.8, 4) is 0 Å². The second-order valence-electron chi connectivity index (χ2n) is 6.24. The van der Waals surface area contributed by atoms with Crippen LogP contribution in [-0.4, -0.2) is 36.6 Å². The van der Waals surface area contributed by atoms with Crippen LogP contribution >= 0.6 is 0 Å². The lowest BCUT2D eigenvalue weighted by Gasteiger charge is -2.38. The summed E-state index contributed by atoms with van der Waals surface area (Å²) < 4.78 is 0. The number of nitrogens with zero attached hydrogens (tertiary/aromatic N) is 1. The fraction of sp³-hybridized carbons (Fsp3) is 1.00. The Labute approximate surface area is 114 Å². The Kier molecular flexibility index (Phi) is 5.97. The van der Waals surface area contributed by atoms with Crippen LogP contribution in [0.25, 0.3) is 0 Å². The predicted molar refractivity (Wildman–Crippen MR) is 78.9 cm³/mol. The second-order valence-corrected chi connectivity index (χ2v) is 6.24. The SMILES string of the molecule is CCNC(CC)CCCN1CCCC2CCCC21. The number of nitrogens with one attached hydrogen (secondary N) is 1. The highest BCUT2D eigenvalue weighted by Crippen LogP contribution is 2.36. The summed E-state index contributed by atoms with van der Waals surface area (Å²) in [4.78, 5) is 2.82. The average Bonchev–Trinajstić information content (AvgIpc) is 2.86. The van der Waals surface area contributed by atoms with Crippen molar-refractivity contribution < 1.29 is 0 Å². The Balaban J connectivity index is 1.69. The van der Waals surface area contributed by atoms with E-state index in [-0.39, 0.29) is 0 Å². The average molecular weight is 252 g/mol. The van der Waals surface area contributed by atoms with Gasteiger partial charge in [-0.2, -0.15) is 0 Å². The topological polar surface area (TPSA) is 15.3 Å². The Morgan fingerprint density at radius 1 is 1.17 bits per heavy atom. The molecule has 0 aromatic carbocycles. The fourth-order valence-electron chi connectivity index (χ4n) is 4.11. The molecule has 0 bridgehead atoms. The first-order chi connectivity index (χ1) is 8.85. The fourth-order valence-corrected chi connectivity index (χ4v) is 4.11. The number of hydrogen-bond acceptors (Lipinski definition) is 2. The van der Waals surface area contributed by atoms with E-state index < -0.39 is 0 Å². The van der Waals surface area contributed by atoms with Crippen molar-refractivity contribution in [3.63, 3.8) is 0 Å². The van der Waals surface area contributed by atoms with Crippen LogP contribution in [0, 0.1) is 5.92 Å². The molecule has 0 radical (unpaired) electrons. The van der Waals surface area contributed by atoms with Gasteiger partial charge < -0.3 is 10.2 Å². The first kappa shape index (κ1) is 14.3. The van der Waals surface area contributed by atoms with Crippen LogP contribution in [0.5, 0.6) is 0 Å². The maximum absolute atomic E-state index is 3.60. The van der Waals surface area contributed by atoms with Crippen LogP contribution in [0.4, 0.5) is 0 Å². The van der Waals surface area contributed by atoms with Crippen LogP contribution in [0.1, 0.15) is 65.2 Å². The molecule has 1 N–H and O–H groups in total. The lowest BCUT2D eigenvalue weighted by atomic mass is 9.91. The zero-order chi connectivity index (χ0) is 12.8. The normalized spacial score (nSPS) is 30.3. The van der Waals surface area contributed by atoms with Gasteiger partial charge in [0.15, 0.2) is 0 Å². The van der Waals surface area contributed by atoms with Gasteiger partial charge >= 0.3 is 0 Å². The predicted octanol–water partition coefficient (Wildman–Crippen LogP) is 3.42. The van der Waals surface area contributed by atoms with Crippen LogP contribution in [-0.2, 0) is 0 Å². The molecule has 3 unspecified atom stereocenters. The molecule has 2 rings (SSSR count). The van der Waals surface area contributed by atoms with Gasteiger partial charge in [0.2, 0.25) is 0 Å². The van der Waals surface area contributed by atoms with Crippen molar-refractivity contribution in [2.24, 2.45) is 5.92 Å². The lowest BCUT2D eigenvalue weighted by molar-refractivity contribution is 0.110. The Morgan fingerprint density at radius 3 is 2.78 bits per heavy atom. The quantitative estimate of drug-likeness (QED) is 0.747. The largest absolute Gasteiger partial charge is 0.314 e. The Morgan fingerprint density at radius 2 is 2.00 bits per heavy atom. The number of rotatable bonds is 7. The van der Waals surface area contributed by atoms with Gasteiger partial charge in [-0.25, -0.2) is 0 Å². The van der Waals surface area contributed by atoms with E-state index in [1.165, 1.54) is 64.5 Å². The van der Waals surface area contributed by atoms with Gasteiger partial charge in [0, 0.05) is 12.1 Å². The molecule has 1 saturated heterocycles. The molecule has 2 fully saturated rings. The molecule has 3 atom stereocenters. The minimum atomic E-state index is 0.749. The molecule has 2 nitrogen and oxygen atoms in total. The van der Waals surface area contributed by atoms with Gasteiger partial charge in [-0.15, -0.1) is 0 Å². The summed E-state index contributed by atoms with van der Waals surface area (Å²) in [5.41, 5.74) is 0. The minimum absolute atomic E-state index is 0.749. The number of likely N-dealkylation sites (tertiary alicyclic amines) is 1. The molecule has 0 aromatic heterocycles. The zero-order valence-electron chi connectivity index (χ0n) is 12.5. The van der Waals surface area contributed by atoms with Crippen molar-refractivity contribution >= 4 is 0 Å². The molecule has 106 valence electrons. The third kappa shape index (κ3) is 3.71. The monoisotopic (exact) mass is 252 g/mol. The summed E-state index contributed by atoms with van der Waals surface area (Å²) in [5, 5.41) is 3.60. The van der Waals surface area contributed by atoms with Crippen molar-refractivity contribution in [1.29, 1.82) is 0 Å². The van der Waals surface area contributed by atoms with E-state index in [2.05, 4.69) is 24.1 Å². The van der Waals surface area contributed by atoms with E-state index >= 15 is 0 Å². The number of fused-ring (bicyclic) bond motifs is 1. The van der Waals surface area contributed by atoms with E-state index in [1.54, 1.807) is 0 Å². The molecule has 18 heavy (non-hydrogen) atoms. The van der Waals surface area contributed by atoms with E-state index in [9.17, 15) is 0 Å². The van der Waals surface area contributed by atoms with Crippen molar-refractivity contribution in [1.82, 2.24) is 10.2 Å². The van der Waals surface area contributed by atoms with Crippen LogP contribution in [0.3, 0.4) is 0 Å². The van der Waals surface area contributed by atoms with Crippen LogP contribution < -0.4 is 5.32 Å². The number of piperidine rings is 1. The molecule has 2 aliphatic rings. The lowest BCUT2D eigenvalue weighted by Crippen LogP contribution is -2.43. The summed E-state index contributed by atoms with van der Waals surface area (Å²) in [6.07, 6.45) is 11.5. The van der Waals surface area contributed by atoms with Crippen LogP contribution in [0.2, 0.25) is 0 Å². The summed E-state index contributed by atoms with van der Waals surface area (Å²) in [5.74, 6) is 1.05. The van der Waals surface area contributed by atoms with Gasteiger partial charge in [-0.1, -0.05) is 20.3 Å². The molecule has 0 amide bonds. The highest BCUT2D eigenvalue weighted by molar-refractivity contribution is 4.89. The highest BCUT2D eigenvalue weighted by Gasteiger charge is 2.34. The first-order valence-electron chi connectivity index (χ1n) is 8.32. The molecule has 1 heterocycles. The van der Waals surface area contributed by atoms with Crippen molar-refractivity contribution in [2.75, 3.05) is 19.6 Å². The summed E-state index contributed by atoms with van der Waals surface area (Å²) in [7, 11) is 0. The van der Waals surface area contributed by atoms with Crippen molar-refractivity contribution in [2.45, 2.75) is 77.3 Å². The second kappa shape index (κ2) is 7.49. The van der Waals surface area contributed by atoms with Gasteiger partial charge in [0.25, 0.3) is 0 Å². The third-order valence-corrected chi connectivity index (χ3v) is 5.09. The molecule has 0 spiro atoms. The molecule has 1 aliphatic heterocycles. The molecule has 2 heteroatoms. The van der Waals surface area contributed by atoms with E-state index in [0.29, 0.717) is 0 Å². The van der Waals surface area contributed by atoms with E-state index in [0.717, 1.165) is 24.5 Å². The summed E-state index contributed by atoms with van der Waals surface area (Å²) in [6, 6.07) is 1.71. The molecule has 1 saturated carbocycles. The first-order valence-corrected chi connectivity index (χ1v) is 8.32. The van der Waals surface area contributed by atoms with Gasteiger partial charge in [-0.05, 0) is 70.5 Å². The van der Waals surface area contributed by atoms with Crippen molar-refractivity contribution in [3.05, 3.63) is 0 Å².